The highest BCUT2D eigenvalue weighted by atomic mass is 35.5. The molecule has 0 saturated carbocycles. The van der Waals surface area contributed by atoms with Gasteiger partial charge in [0.15, 0.2) is 5.16 Å². The van der Waals surface area contributed by atoms with E-state index < -0.39 is 0 Å². The van der Waals surface area contributed by atoms with Crippen LogP contribution in [-0.2, 0) is 16.1 Å². The van der Waals surface area contributed by atoms with Gasteiger partial charge < -0.3 is 15.2 Å². The minimum Gasteiger partial charge on any atom is -0.326 e. The highest BCUT2D eigenvalue weighted by Gasteiger charge is 2.13. The molecule has 1 heterocycles. The number of imidazole rings is 1. The Hall–Kier alpha value is -2.51. The first-order valence-electron chi connectivity index (χ1n) is 8.43. The van der Waals surface area contributed by atoms with Crippen LogP contribution in [0.3, 0.4) is 0 Å². The summed E-state index contributed by atoms with van der Waals surface area (Å²) in [5.74, 6) is -0.190. The molecular weight excluding hydrogens is 384 g/mol. The van der Waals surface area contributed by atoms with Crippen LogP contribution in [0.5, 0.6) is 0 Å². The van der Waals surface area contributed by atoms with Crippen molar-refractivity contribution in [1.29, 1.82) is 0 Å². The first kappa shape index (κ1) is 19.3. The molecule has 0 spiro atoms. The quantitative estimate of drug-likeness (QED) is 0.599. The number of carbonyl (C=O) groups excluding carboxylic acids is 2. The zero-order valence-electron chi connectivity index (χ0n) is 15.0. The number of nitrogens with zero attached hydrogens (tertiary/aromatic N) is 2. The number of halogens is 1. The number of aryl methyl sites for hydroxylation is 1. The molecule has 0 aliphatic rings. The minimum atomic E-state index is -0.198. The second-order valence-electron chi connectivity index (χ2n) is 5.84. The summed E-state index contributed by atoms with van der Waals surface area (Å²) in [4.78, 5) is 28.2. The molecule has 8 heteroatoms. The number of nitrogens with one attached hydrogen (secondary N) is 2. The minimum absolute atomic E-state index is 0.191. The number of aromatic nitrogens is 2. The van der Waals surface area contributed by atoms with E-state index in [1.807, 2.05) is 31.2 Å². The van der Waals surface area contributed by atoms with Gasteiger partial charge in [0, 0.05) is 19.2 Å². The molecule has 140 valence electrons. The zero-order chi connectivity index (χ0) is 19.4. The smallest absolute Gasteiger partial charge is 0.234 e. The molecule has 27 heavy (non-hydrogen) atoms. The molecule has 1 aromatic heterocycles. The average Bonchev–Trinajstić information content (AvgIpc) is 3.00. The number of rotatable bonds is 6. The Bertz CT molecular complexity index is 1000. The maximum Gasteiger partial charge on any atom is 0.234 e. The maximum absolute atomic E-state index is 12.4. The van der Waals surface area contributed by atoms with Crippen LogP contribution in [0.4, 0.5) is 11.4 Å². The van der Waals surface area contributed by atoms with Gasteiger partial charge in [-0.15, -0.1) is 0 Å². The number of thioether (sulfide) groups is 1. The predicted molar refractivity (Wildman–Crippen MR) is 111 cm³/mol. The summed E-state index contributed by atoms with van der Waals surface area (Å²) in [6.07, 6.45) is 0. The van der Waals surface area contributed by atoms with E-state index >= 15 is 0 Å². The molecule has 0 unspecified atom stereocenters. The van der Waals surface area contributed by atoms with Gasteiger partial charge in [0.05, 0.1) is 27.5 Å². The molecule has 0 saturated heterocycles. The van der Waals surface area contributed by atoms with Crippen LogP contribution in [0.25, 0.3) is 11.0 Å². The van der Waals surface area contributed by atoms with E-state index in [4.69, 9.17) is 11.6 Å². The van der Waals surface area contributed by atoms with Gasteiger partial charge in [-0.1, -0.05) is 35.5 Å². The molecule has 2 amide bonds. The van der Waals surface area contributed by atoms with Crippen LogP contribution in [0.1, 0.15) is 13.8 Å². The van der Waals surface area contributed by atoms with Gasteiger partial charge in [-0.25, -0.2) is 4.98 Å². The predicted octanol–water partition coefficient (Wildman–Crippen LogP) is 4.40. The van der Waals surface area contributed by atoms with Gasteiger partial charge in [-0.05, 0) is 37.3 Å². The molecule has 3 rings (SSSR count). The Morgan fingerprint density at radius 2 is 1.96 bits per heavy atom. The van der Waals surface area contributed by atoms with Gasteiger partial charge in [0.1, 0.15) is 0 Å². The van der Waals surface area contributed by atoms with Crippen molar-refractivity contribution in [3.8, 4) is 0 Å². The van der Waals surface area contributed by atoms with Crippen molar-refractivity contribution >= 4 is 57.6 Å². The Balaban J connectivity index is 1.69. The van der Waals surface area contributed by atoms with Crippen LogP contribution in [0, 0.1) is 0 Å². The van der Waals surface area contributed by atoms with Crippen molar-refractivity contribution in [3.63, 3.8) is 0 Å². The second kappa shape index (κ2) is 8.45. The molecule has 0 fully saturated rings. The number of para-hydroxylation sites is 2. The Morgan fingerprint density at radius 1 is 1.19 bits per heavy atom. The van der Waals surface area contributed by atoms with Crippen LogP contribution >= 0.6 is 23.4 Å². The molecule has 0 radical (unpaired) electrons. The summed E-state index contributed by atoms with van der Waals surface area (Å²) in [5, 5.41) is 6.66. The van der Waals surface area contributed by atoms with Crippen molar-refractivity contribution in [2.75, 3.05) is 16.4 Å². The maximum atomic E-state index is 12.4. The lowest BCUT2D eigenvalue weighted by molar-refractivity contribution is -0.114. The fourth-order valence-electron chi connectivity index (χ4n) is 2.69. The van der Waals surface area contributed by atoms with Crippen LogP contribution in [-0.4, -0.2) is 27.1 Å². The average molecular weight is 403 g/mol. The summed E-state index contributed by atoms with van der Waals surface area (Å²) >= 11 is 7.52. The zero-order valence-corrected chi connectivity index (χ0v) is 16.5. The first-order chi connectivity index (χ1) is 13.0. The Kier molecular flexibility index (Phi) is 6.03. The Labute approximate surface area is 166 Å². The SMILES string of the molecule is CCn1c(SCC(=O)Nc2cc(NC(C)=O)ccc2Cl)nc2ccccc21. The van der Waals surface area contributed by atoms with E-state index in [0.717, 1.165) is 22.7 Å². The lowest BCUT2D eigenvalue weighted by Gasteiger charge is -2.10. The van der Waals surface area contributed by atoms with Crippen molar-refractivity contribution in [1.82, 2.24) is 9.55 Å². The van der Waals surface area contributed by atoms with Gasteiger partial charge in [0.2, 0.25) is 11.8 Å². The summed E-state index contributed by atoms with van der Waals surface area (Å²) < 4.78 is 2.08. The molecule has 3 aromatic rings. The van der Waals surface area contributed by atoms with E-state index in [9.17, 15) is 9.59 Å². The summed E-state index contributed by atoms with van der Waals surface area (Å²) in [6, 6.07) is 12.8. The number of carbonyl (C=O) groups is 2. The van der Waals surface area contributed by atoms with Crippen LogP contribution < -0.4 is 10.6 Å². The highest BCUT2D eigenvalue weighted by molar-refractivity contribution is 7.99. The van der Waals surface area contributed by atoms with Crippen LogP contribution in [0.15, 0.2) is 47.6 Å². The lowest BCUT2D eigenvalue weighted by atomic mass is 10.2. The van der Waals surface area contributed by atoms with Crippen LogP contribution in [0.2, 0.25) is 5.02 Å². The Morgan fingerprint density at radius 3 is 2.70 bits per heavy atom. The summed E-state index contributed by atoms with van der Waals surface area (Å²) in [7, 11) is 0. The molecule has 6 nitrogen and oxygen atoms in total. The van der Waals surface area contributed by atoms with E-state index in [-0.39, 0.29) is 17.6 Å². The number of hydrogen-bond acceptors (Lipinski definition) is 4. The van der Waals surface area contributed by atoms with Gasteiger partial charge >= 0.3 is 0 Å². The number of fused-ring (bicyclic) bond motifs is 1. The topological polar surface area (TPSA) is 76.0 Å². The third-order valence-corrected chi connectivity index (χ3v) is 5.13. The third-order valence-electron chi connectivity index (χ3n) is 3.83. The molecule has 0 bridgehead atoms. The summed E-state index contributed by atoms with van der Waals surface area (Å²) in [6.45, 7) is 4.24. The molecule has 2 N–H and O–H groups in total. The third kappa shape index (κ3) is 4.61. The van der Waals surface area contributed by atoms with Gasteiger partial charge in [-0.2, -0.15) is 0 Å². The molecule has 0 aliphatic carbocycles. The van der Waals surface area contributed by atoms with Crippen molar-refractivity contribution in [3.05, 3.63) is 47.5 Å². The van der Waals surface area contributed by atoms with Gasteiger partial charge in [-0.3, -0.25) is 9.59 Å². The fourth-order valence-corrected chi connectivity index (χ4v) is 3.73. The highest BCUT2D eigenvalue weighted by Crippen LogP contribution is 2.27. The van der Waals surface area contributed by atoms with E-state index in [0.29, 0.717) is 16.4 Å². The molecule has 0 atom stereocenters. The van der Waals surface area contributed by atoms with E-state index in [2.05, 4.69) is 20.2 Å². The van der Waals surface area contributed by atoms with Crippen molar-refractivity contribution in [2.45, 2.75) is 25.5 Å². The summed E-state index contributed by atoms with van der Waals surface area (Å²) in [5.41, 5.74) is 2.99. The standard InChI is InChI=1S/C19H19ClN4O2S/c1-3-24-17-7-5-4-6-15(17)23-19(24)27-11-18(26)22-16-10-13(21-12(2)25)8-9-14(16)20/h4-10H,3,11H2,1-2H3,(H,21,25)(H,22,26). The number of anilines is 2. The number of benzene rings is 2. The number of amides is 2. The fraction of sp³-hybridized carbons (Fsp3) is 0.211. The first-order valence-corrected chi connectivity index (χ1v) is 9.79. The second-order valence-corrected chi connectivity index (χ2v) is 7.19. The molecule has 2 aromatic carbocycles. The normalized spacial score (nSPS) is 10.8. The van der Waals surface area contributed by atoms with Gasteiger partial charge in [0.25, 0.3) is 0 Å². The molecule has 0 aliphatic heterocycles. The van der Waals surface area contributed by atoms with Crippen molar-refractivity contribution in [2.24, 2.45) is 0 Å². The monoisotopic (exact) mass is 402 g/mol. The largest absolute Gasteiger partial charge is 0.326 e. The number of hydrogen-bond donors (Lipinski definition) is 2. The van der Waals surface area contributed by atoms with Crippen molar-refractivity contribution < 1.29 is 9.59 Å². The van der Waals surface area contributed by atoms with E-state index in [1.165, 1.54) is 18.7 Å². The lowest BCUT2D eigenvalue weighted by Crippen LogP contribution is -2.15. The van der Waals surface area contributed by atoms with E-state index in [1.54, 1.807) is 18.2 Å². The molecular formula is C19H19ClN4O2S.